The molecule has 1 aromatic heterocycles. The lowest BCUT2D eigenvalue weighted by Crippen LogP contribution is -2.40. The van der Waals surface area contributed by atoms with Gasteiger partial charge in [-0.25, -0.2) is 4.98 Å². The fourth-order valence-corrected chi connectivity index (χ4v) is 3.55. The van der Waals surface area contributed by atoms with Crippen LogP contribution in [0.4, 0.5) is 5.95 Å². The molecule has 1 aliphatic heterocycles. The summed E-state index contributed by atoms with van der Waals surface area (Å²) in [5, 5.41) is 12.4. The summed E-state index contributed by atoms with van der Waals surface area (Å²) in [4.78, 5) is 10.5. The summed E-state index contributed by atoms with van der Waals surface area (Å²) < 4.78 is 0. The molecule has 2 N–H and O–H groups in total. The monoisotopic (exact) mass is 345 g/mol. The van der Waals surface area contributed by atoms with Crippen LogP contribution in [-0.2, 0) is 6.42 Å². The van der Waals surface area contributed by atoms with E-state index in [4.69, 9.17) is 5.26 Å². The minimum atomic E-state index is 0.474. The van der Waals surface area contributed by atoms with Crippen LogP contribution < -0.4 is 5.32 Å². The Morgan fingerprint density at radius 3 is 2.62 bits per heavy atom. The number of para-hydroxylation sites is 2. The molecular weight excluding hydrogens is 322 g/mol. The molecule has 0 radical (unpaired) electrons. The van der Waals surface area contributed by atoms with Crippen LogP contribution >= 0.6 is 0 Å². The zero-order chi connectivity index (χ0) is 17.8. The Labute approximate surface area is 153 Å². The van der Waals surface area contributed by atoms with Gasteiger partial charge in [0, 0.05) is 25.7 Å². The second kappa shape index (κ2) is 7.59. The van der Waals surface area contributed by atoms with Crippen molar-refractivity contribution in [3.63, 3.8) is 0 Å². The molecule has 1 fully saturated rings. The standard InChI is InChI=1S/C21H23N5/c22-15-17-7-5-16(6-8-17)9-12-26-13-10-18(11-14-26)23-21-24-19-3-1-2-4-20(19)25-21/h1-8,18H,9-14H2,(H2,23,24,25). The largest absolute Gasteiger partial charge is 0.353 e. The number of imidazole rings is 1. The van der Waals surface area contributed by atoms with Gasteiger partial charge < -0.3 is 15.2 Å². The van der Waals surface area contributed by atoms with Crippen LogP contribution in [0, 0.1) is 11.3 Å². The number of nitrogens with one attached hydrogen (secondary N) is 2. The molecule has 2 aromatic carbocycles. The number of piperidine rings is 1. The number of likely N-dealkylation sites (tertiary alicyclic amines) is 1. The predicted octanol–water partition coefficient (Wildman–Crippen LogP) is 3.55. The zero-order valence-electron chi connectivity index (χ0n) is 14.8. The first kappa shape index (κ1) is 16.6. The minimum Gasteiger partial charge on any atom is -0.353 e. The molecule has 0 amide bonds. The van der Waals surface area contributed by atoms with E-state index in [1.54, 1.807) is 0 Å². The molecule has 0 saturated carbocycles. The van der Waals surface area contributed by atoms with Crippen molar-refractivity contribution in [1.82, 2.24) is 14.9 Å². The van der Waals surface area contributed by atoms with Gasteiger partial charge in [-0.15, -0.1) is 0 Å². The number of nitrogens with zero attached hydrogens (tertiary/aromatic N) is 3. The third-order valence-electron chi connectivity index (χ3n) is 5.12. The number of nitriles is 1. The lowest BCUT2D eigenvalue weighted by Gasteiger charge is -2.32. The van der Waals surface area contributed by atoms with Gasteiger partial charge in [-0.05, 0) is 49.1 Å². The first-order chi connectivity index (χ1) is 12.8. The van der Waals surface area contributed by atoms with Gasteiger partial charge in [0.25, 0.3) is 0 Å². The number of aromatic amines is 1. The predicted molar refractivity (Wildman–Crippen MR) is 104 cm³/mol. The molecule has 3 aromatic rings. The fourth-order valence-electron chi connectivity index (χ4n) is 3.55. The molecule has 0 unspecified atom stereocenters. The molecule has 26 heavy (non-hydrogen) atoms. The maximum Gasteiger partial charge on any atom is 0.201 e. The molecule has 0 aliphatic carbocycles. The van der Waals surface area contributed by atoms with Crippen molar-refractivity contribution < 1.29 is 0 Å². The summed E-state index contributed by atoms with van der Waals surface area (Å²) in [6.07, 6.45) is 3.29. The van der Waals surface area contributed by atoms with Crippen molar-refractivity contribution in [1.29, 1.82) is 5.26 Å². The Kier molecular flexibility index (Phi) is 4.85. The van der Waals surface area contributed by atoms with Crippen molar-refractivity contribution in [2.75, 3.05) is 25.0 Å². The van der Waals surface area contributed by atoms with Gasteiger partial charge in [0.1, 0.15) is 0 Å². The van der Waals surface area contributed by atoms with Crippen molar-refractivity contribution in [2.24, 2.45) is 0 Å². The highest BCUT2D eigenvalue weighted by Crippen LogP contribution is 2.18. The zero-order valence-corrected chi connectivity index (χ0v) is 14.8. The number of anilines is 1. The smallest absolute Gasteiger partial charge is 0.201 e. The summed E-state index contributed by atoms with van der Waals surface area (Å²) >= 11 is 0. The molecule has 1 saturated heterocycles. The lowest BCUT2D eigenvalue weighted by molar-refractivity contribution is 0.221. The number of aromatic nitrogens is 2. The van der Waals surface area contributed by atoms with E-state index in [-0.39, 0.29) is 0 Å². The molecule has 0 atom stereocenters. The quantitative estimate of drug-likeness (QED) is 0.742. The van der Waals surface area contributed by atoms with E-state index < -0.39 is 0 Å². The first-order valence-corrected chi connectivity index (χ1v) is 9.23. The Balaban J connectivity index is 1.25. The minimum absolute atomic E-state index is 0.474. The van der Waals surface area contributed by atoms with E-state index in [9.17, 15) is 0 Å². The number of hydrogen-bond donors (Lipinski definition) is 2. The van der Waals surface area contributed by atoms with Crippen molar-refractivity contribution >= 4 is 17.0 Å². The summed E-state index contributed by atoms with van der Waals surface area (Å²) in [6, 6.07) is 18.7. The maximum absolute atomic E-state index is 8.86. The molecular formula is C21H23N5. The van der Waals surface area contributed by atoms with E-state index in [1.165, 1.54) is 5.56 Å². The Morgan fingerprint density at radius 2 is 1.88 bits per heavy atom. The summed E-state index contributed by atoms with van der Waals surface area (Å²) in [6.45, 7) is 3.28. The Bertz CT molecular complexity index is 865. The summed E-state index contributed by atoms with van der Waals surface area (Å²) in [5.74, 6) is 0.877. The van der Waals surface area contributed by atoms with Crippen molar-refractivity contribution in [3.8, 4) is 6.07 Å². The SMILES string of the molecule is N#Cc1ccc(CCN2CCC(Nc3nc4ccccc4[nH]3)CC2)cc1. The van der Waals surface area contributed by atoms with E-state index >= 15 is 0 Å². The normalized spacial score (nSPS) is 15.8. The van der Waals surface area contributed by atoms with Gasteiger partial charge >= 0.3 is 0 Å². The fraction of sp³-hybridized carbons (Fsp3) is 0.333. The molecule has 4 rings (SSSR count). The Morgan fingerprint density at radius 1 is 1.12 bits per heavy atom. The second-order valence-electron chi connectivity index (χ2n) is 6.92. The highest BCUT2D eigenvalue weighted by molar-refractivity contribution is 5.77. The van der Waals surface area contributed by atoms with Crippen LogP contribution in [0.25, 0.3) is 11.0 Å². The second-order valence-corrected chi connectivity index (χ2v) is 6.92. The van der Waals surface area contributed by atoms with Crippen LogP contribution in [0.5, 0.6) is 0 Å². The summed E-state index contributed by atoms with van der Waals surface area (Å²) in [7, 11) is 0. The molecule has 2 heterocycles. The van der Waals surface area contributed by atoms with E-state index in [2.05, 4.69) is 44.5 Å². The molecule has 0 bridgehead atoms. The molecule has 132 valence electrons. The molecule has 1 aliphatic rings. The highest BCUT2D eigenvalue weighted by atomic mass is 15.2. The number of fused-ring (bicyclic) bond motifs is 1. The summed E-state index contributed by atoms with van der Waals surface area (Å²) in [5.41, 5.74) is 4.11. The van der Waals surface area contributed by atoms with Gasteiger partial charge in [-0.3, -0.25) is 0 Å². The molecule has 0 spiro atoms. The van der Waals surface area contributed by atoms with Crippen LogP contribution in [0.15, 0.2) is 48.5 Å². The number of H-pyrrole nitrogens is 1. The van der Waals surface area contributed by atoms with Gasteiger partial charge in [-0.2, -0.15) is 5.26 Å². The van der Waals surface area contributed by atoms with Gasteiger partial charge in [-0.1, -0.05) is 24.3 Å². The number of hydrogen-bond acceptors (Lipinski definition) is 4. The average Bonchev–Trinajstić information content (AvgIpc) is 3.10. The van der Waals surface area contributed by atoms with Crippen LogP contribution in [-0.4, -0.2) is 40.5 Å². The van der Waals surface area contributed by atoms with Crippen LogP contribution in [0.3, 0.4) is 0 Å². The van der Waals surface area contributed by atoms with Crippen LogP contribution in [0.1, 0.15) is 24.0 Å². The number of benzene rings is 2. The first-order valence-electron chi connectivity index (χ1n) is 9.23. The highest BCUT2D eigenvalue weighted by Gasteiger charge is 2.19. The third kappa shape index (κ3) is 3.87. The van der Waals surface area contributed by atoms with Crippen molar-refractivity contribution in [3.05, 3.63) is 59.7 Å². The molecule has 5 nitrogen and oxygen atoms in total. The molecule has 5 heteroatoms. The van der Waals surface area contributed by atoms with E-state index in [1.807, 2.05) is 30.3 Å². The van der Waals surface area contributed by atoms with Crippen LogP contribution in [0.2, 0.25) is 0 Å². The number of rotatable bonds is 5. The van der Waals surface area contributed by atoms with Gasteiger partial charge in [0.15, 0.2) is 0 Å². The maximum atomic E-state index is 8.86. The van der Waals surface area contributed by atoms with Gasteiger partial charge in [0.2, 0.25) is 5.95 Å². The van der Waals surface area contributed by atoms with Crippen molar-refractivity contribution in [2.45, 2.75) is 25.3 Å². The Hall–Kier alpha value is -2.84. The lowest BCUT2D eigenvalue weighted by atomic mass is 10.0. The average molecular weight is 345 g/mol. The topological polar surface area (TPSA) is 67.7 Å². The van der Waals surface area contributed by atoms with Gasteiger partial charge in [0.05, 0.1) is 22.7 Å². The third-order valence-corrected chi connectivity index (χ3v) is 5.12. The van der Waals surface area contributed by atoms with E-state index in [0.29, 0.717) is 6.04 Å². The van der Waals surface area contributed by atoms with E-state index in [0.717, 1.165) is 61.4 Å².